The molecule has 1 amide bonds. The van der Waals surface area contributed by atoms with Gasteiger partial charge in [-0.25, -0.2) is 4.98 Å². The predicted octanol–water partition coefficient (Wildman–Crippen LogP) is 5.29. The first-order chi connectivity index (χ1) is 15.3. The molecule has 8 nitrogen and oxygen atoms in total. The van der Waals surface area contributed by atoms with Crippen LogP contribution in [0.25, 0.3) is 11.0 Å². The summed E-state index contributed by atoms with van der Waals surface area (Å²) in [6.45, 7) is 3.75. The van der Waals surface area contributed by atoms with E-state index in [0.29, 0.717) is 26.1 Å². The third-order valence-corrected chi connectivity index (χ3v) is 7.04. The van der Waals surface area contributed by atoms with Crippen molar-refractivity contribution in [3.05, 3.63) is 94.7 Å². The van der Waals surface area contributed by atoms with Crippen molar-refractivity contribution in [2.24, 2.45) is 0 Å². The Hall–Kier alpha value is -3.37. The fourth-order valence-electron chi connectivity index (χ4n) is 3.79. The number of anilines is 1. The first-order valence-electron chi connectivity index (χ1n) is 9.54. The molecule has 0 saturated heterocycles. The third-order valence-electron chi connectivity index (χ3n) is 5.48. The van der Waals surface area contributed by atoms with Gasteiger partial charge >= 0.3 is 0 Å². The van der Waals surface area contributed by atoms with Gasteiger partial charge in [0, 0.05) is 21.5 Å². The second kappa shape index (κ2) is 7.35. The van der Waals surface area contributed by atoms with Gasteiger partial charge in [0.2, 0.25) is 5.76 Å². The molecule has 0 fully saturated rings. The van der Waals surface area contributed by atoms with E-state index in [4.69, 9.17) is 4.42 Å². The Labute approximate surface area is 193 Å². The number of nitrogens with zero attached hydrogens (tertiary/aromatic N) is 3. The van der Waals surface area contributed by atoms with Crippen LogP contribution in [-0.2, 0) is 0 Å². The molecular weight excluding hydrogens is 498 g/mol. The monoisotopic (exact) mass is 511 g/mol. The van der Waals surface area contributed by atoms with Gasteiger partial charge in [-0.15, -0.1) is 11.3 Å². The highest BCUT2D eigenvalue weighted by molar-refractivity contribution is 9.10. The Morgan fingerprint density at radius 2 is 1.88 bits per heavy atom. The number of carbonyl (C=O) groups is 1. The number of aromatic nitrogens is 1. The molecule has 1 aliphatic heterocycles. The number of nitro groups is 1. The summed E-state index contributed by atoms with van der Waals surface area (Å²) in [5, 5.41) is 11.9. The number of aryl methyl sites for hydroxylation is 2. The van der Waals surface area contributed by atoms with Crippen LogP contribution in [0.15, 0.2) is 56.1 Å². The Kier molecular flexibility index (Phi) is 4.72. The molecule has 0 N–H and O–H groups in total. The van der Waals surface area contributed by atoms with Crippen molar-refractivity contribution in [3.63, 3.8) is 0 Å². The molecule has 1 atom stereocenters. The van der Waals surface area contributed by atoms with E-state index in [2.05, 4.69) is 20.9 Å². The summed E-state index contributed by atoms with van der Waals surface area (Å²) in [5.74, 6) is -0.516. The number of halogens is 1. The van der Waals surface area contributed by atoms with Crippen LogP contribution in [0.2, 0.25) is 0 Å². The summed E-state index contributed by atoms with van der Waals surface area (Å²) < 4.78 is 6.62. The number of hydrogen-bond donors (Lipinski definition) is 0. The SMILES string of the molecule is Cc1nc(N2C(=O)c3oc4ccc(Br)cc4c(=O)c3[C@@H]2c2ccc([N+](=O)[O-])cc2)sc1C. The molecule has 0 unspecified atom stereocenters. The van der Waals surface area contributed by atoms with Crippen molar-refractivity contribution in [1.29, 1.82) is 0 Å². The van der Waals surface area contributed by atoms with Gasteiger partial charge in [0.05, 0.1) is 27.6 Å². The zero-order chi connectivity index (χ0) is 22.7. The highest BCUT2D eigenvalue weighted by Gasteiger charge is 2.45. The molecule has 160 valence electrons. The van der Waals surface area contributed by atoms with Crippen LogP contribution in [-0.4, -0.2) is 15.8 Å². The second-order valence-corrected chi connectivity index (χ2v) is 9.48. The minimum Gasteiger partial charge on any atom is -0.450 e. The van der Waals surface area contributed by atoms with Crippen molar-refractivity contribution >= 4 is 55.0 Å². The van der Waals surface area contributed by atoms with E-state index in [1.54, 1.807) is 30.3 Å². The zero-order valence-corrected chi connectivity index (χ0v) is 19.2. The fraction of sp³-hybridized carbons (Fsp3) is 0.136. The maximum atomic E-state index is 13.5. The van der Waals surface area contributed by atoms with E-state index >= 15 is 0 Å². The van der Waals surface area contributed by atoms with Gasteiger partial charge in [-0.2, -0.15) is 0 Å². The number of hydrogen-bond acceptors (Lipinski definition) is 7. The van der Waals surface area contributed by atoms with E-state index in [1.165, 1.54) is 28.4 Å². The maximum absolute atomic E-state index is 13.5. The molecule has 1 aliphatic rings. The summed E-state index contributed by atoms with van der Waals surface area (Å²) in [4.78, 5) is 44.5. The number of non-ortho nitro benzene ring substituents is 1. The van der Waals surface area contributed by atoms with Gasteiger partial charge in [0.15, 0.2) is 10.6 Å². The van der Waals surface area contributed by atoms with Gasteiger partial charge in [-0.1, -0.05) is 15.9 Å². The Bertz CT molecular complexity index is 1470. The summed E-state index contributed by atoms with van der Waals surface area (Å²) in [6.07, 6.45) is 0. The van der Waals surface area contributed by atoms with Gasteiger partial charge in [0.25, 0.3) is 11.6 Å². The van der Waals surface area contributed by atoms with Crippen LogP contribution in [0.5, 0.6) is 0 Å². The van der Waals surface area contributed by atoms with Crippen LogP contribution < -0.4 is 10.3 Å². The zero-order valence-electron chi connectivity index (χ0n) is 16.8. The van der Waals surface area contributed by atoms with Crippen molar-refractivity contribution in [2.75, 3.05) is 4.90 Å². The smallest absolute Gasteiger partial charge is 0.297 e. The quantitative estimate of drug-likeness (QED) is 0.273. The second-order valence-electron chi connectivity index (χ2n) is 7.38. The molecule has 0 bridgehead atoms. The lowest BCUT2D eigenvalue weighted by atomic mass is 9.98. The summed E-state index contributed by atoms with van der Waals surface area (Å²) in [5.41, 5.74) is 1.42. The maximum Gasteiger partial charge on any atom is 0.297 e. The molecule has 3 heterocycles. The molecule has 32 heavy (non-hydrogen) atoms. The van der Waals surface area contributed by atoms with E-state index in [9.17, 15) is 19.7 Å². The Balaban J connectivity index is 1.79. The Morgan fingerprint density at radius 3 is 2.50 bits per heavy atom. The molecule has 10 heteroatoms. The number of nitro benzene ring substituents is 1. The standard InChI is InChI=1S/C22H14BrN3O5S/c1-10-11(2)32-22(24-10)25-18(12-3-6-14(7-4-12)26(29)30)17-19(27)15-9-13(23)5-8-16(15)31-20(17)21(25)28/h3-9,18H,1-2H3/t18-/m0/s1. The highest BCUT2D eigenvalue weighted by Crippen LogP contribution is 2.43. The number of rotatable bonds is 3. The highest BCUT2D eigenvalue weighted by atomic mass is 79.9. The number of amides is 1. The van der Waals surface area contributed by atoms with Gasteiger partial charge in [-0.3, -0.25) is 24.6 Å². The predicted molar refractivity (Wildman–Crippen MR) is 124 cm³/mol. The number of thiazole rings is 1. The van der Waals surface area contributed by atoms with Gasteiger partial charge in [0.1, 0.15) is 5.58 Å². The van der Waals surface area contributed by atoms with E-state index in [1.807, 2.05) is 13.8 Å². The van der Waals surface area contributed by atoms with Crippen molar-refractivity contribution < 1.29 is 14.1 Å². The van der Waals surface area contributed by atoms with Gasteiger partial charge in [-0.05, 0) is 49.7 Å². The summed E-state index contributed by atoms with van der Waals surface area (Å²) in [7, 11) is 0. The van der Waals surface area contributed by atoms with Gasteiger partial charge < -0.3 is 4.42 Å². The molecule has 0 radical (unpaired) electrons. The molecular formula is C22H14BrN3O5S. The topological polar surface area (TPSA) is 107 Å². The minimum atomic E-state index is -0.817. The fourth-order valence-corrected chi connectivity index (χ4v) is 5.09. The third kappa shape index (κ3) is 3.06. The average molecular weight is 512 g/mol. The van der Waals surface area contributed by atoms with Crippen LogP contribution in [0.1, 0.15) is 38.3 Å². The minimum absolute atomic E-state index is 0.0429. The molecule has 2 aromatic carbocycles. The first-order valence-corrected chi connectivity index (χ1v) is 11.2. The molecule has 0 aliphatic carbocycles. The number of fused-ring (bicyclic) bond motifs is 2. The molecule has 0 spiro atoms. The average Bonchev–Trinajstić information content (AvgIpc) is 3.25. The number of benzene rings is 2. The molecule has 4 aromatic rings. The first kappa shape index (κ1) is 20.5. The molecule has 5 rings (SSSR count). The molecule has 0 saturated carbocycles. The van der Waals surface area contributed by atoms with Crippen LogP contribution >= 0.6 is 27.3 Å². The van der Waals surface area contributed by atoms with Crippen molar-refractivity contribution in [2.45, 2.75) is 19.9 Å². The lowest BCUT2D eigenvalue weighted by Gasteiger charge is -2.22. The Morgan fingerprint density at radius 1 is 1.16 bits per heavy atom. The van der Waals surface area contributed by atoms with Crippen LogP contribution in [0.4, 0.5) is 10.8 Å². The van der Waals surface area contributed by atoms with E-state index < -0.39 is 16.9 Å². The van der Waals surface area contributed by atoms with E-state index in [0.717, 1.165) is 10.6 Å². The lowest BCUT2D eigenvalue weighted by Crippen LogP contribution is -2.29. The van der Waals surface area contributed by atoms with Crippen LogP contribution in [0, 0.1) is 24.0 Å². The normalized spacial score (nSPS) is 15.4. The number of carbonyl (C=O) groups excluding carboxylic acids is 1. The molecule has 2 aromatic heterocycles. The van der Waals surface area contributed by atoms with Crippen molar-refractivity contribution in [1.82, 2.24) is 4.98 Å². The van der Waals surface area contributed by atoms with Crippen LogP contribution in [0.3, 0.4) is 0 Å². The van der Waals surface area contributed by atoms with Crippen molar-refractivity contribution in [3.8, 4) is 0 Å². The van der Waals surface area contributed by atoms with E-state index in [-0.39, 0.29) is 22.4 Å². The lowest BCUT2D eigenvalue weighted by molar-refractivity contribution is -0.384. The summed E-state index contributed by atoms with van der Waals surface area (Å²) in [6, 6.07) is 10.0. The summed E-state index contributed by atoms with van der Waals surface area (Å²) >= 11 is 4.71. The largest absolute Gasteiger partial charge is 0.450 e.